The number of fused-ring (bicyclic) bond motifs is 4. The van der Waals surface area contributed by atoms with Crippen molar-refractivity contribution in [3.63, 3.8) is 0 Å². The first-order valence-electron chi connectivity index (χ1n) is 9.52. The number of rotatable bonds is 3. The second-order valence-corrected chi connectivity index (χ2v) is 9.21. The summed E-state index contributed by atoms with van der Waals surface area (Å²) in [6, 6.07) is 11.0. The molecule has 2 aliphatic rings. The Morgan fingerprint density at radius 3 is 2.75 bits per heavy atom. The van der Waals surface area contributed by atoms with Gasteiger partial charge in [-0.05, 0) is 56.0 Å². The van der Waals surface area contributed by atoms with Crippen LogP contribution < -0.4 is 14.2 Å². The SMILES string of the molecule is Cc1ccc2[nH]c3c(c2c1)CC(NS(=O)(=O)c1ccc2c(c1)OCCO2)CC3. The molecule has 146 valence electrons. The molecule has 2 N–H and O–H groups in total. The molecule has 1 atom stereocenters. The van der Waals surface area contributed by atoms with Gasteiger partial charge in [-0.2, -0.15) is 0 Å². The number of aryl methyl sites for hydroxylation is 2. The van der Waals surface area contributed by atoms with Gasteiger partial charge in [0.1, 0.15) is 13.2 Å². The van der Waals surface area contributed by atoms with Crippen LogP contribution in [0.1, 0.15) is 23.2 Å². The largest absolute Gasteiger partial charge is 0.486 e. The topological polar surface area (TPSA) is 80.4 Å². The van der Waals surface area contributed by atoms with E-state index in [9.17, 15) is 8.42 Å². The van der Waals surface area contributed by atoms with Crippen LogP contribution in [0.2, 0.25) is 0 Å². The molecule has 7 heteroatoms. The molecule has 1 unspecified atom stereocenters. The lowest BCUT2D eigenvalue weighted by molar-refractivity contribution is 0.171. The molecule has 28 heavy (non-hydrogen) atoms. The summed E-state index contributed by atoms with van der Waals surface area (Å²) in [7, 11) is -3.64. The smallest absolute Gasteiger partial charge is 0.240 e. The molecule has 0 bridgehead atoms. The van der Waals surface area contributed by atoms with Gasteiger partial charge in [0.2, 0.25) is 10.0 Å². The second kappa shape index (κ2) is 6.53. The Hall–Kier alpha value is -2.51. The third-order valence-electron chi connectivity index (χ3n) is 5.49. The van der Waals surface area contributed by atoms with E-state index in [0.717, 1.165) is 18.4 Å². The minimum atomic E-state index is -3.64. The molecule has 3 aromatic rings. The Balaban J connectivity index is 1.41. The fourth-order valence-corrected chi connectivity index (χ4v) is 5.40. The van der Waals surface area contributed by atoms with E-state index in [-0.39, 0.29) is 10.9 Å². The number of aromatic nitrogens is 1. The predicted octanol–water partition coefficient (Wildman–Crippen LogP) is 3.08. The van der Waals surface area contributed by atoms with Crippen LogP contribution in [0.25, 0.3) is 10.9 Å². The van der Waals surface area contributed by atoms with Crippen molar-refractivity contribution >= 4 is 20.9 Å². The summed E-state index contributed by atoms with van der Waals surface area (Å²) < 4.78 is 39.8. The minimum absolute atomic E-state index is 0.134. The number of H-pyrrole nitrogens is 1. The number of benzene rings is 2. The van der Waals surface area contributed by atoms with E-state index in [1.54, 1.807) is 18.2 Å². The summed E-state index contributed by atoms with van der Waals surface area (Å²) in [5.41, 5.74) is 4.76. The molecule has 1 aromatic heterocycles. The van der Waals surface area contributed by atoms with E-state index < -0.39 is 10.0 Å². The van der Waals surface area contributed by atoms with Gasteiger partial charge in [-0.3, -0.25) is 0 Å². The highest BCUT2D eigenvalue weighted by Crippen LogP contribution is 2.33. The Labute approximate surface area is 163 Å². The molecule has 0 amide bonds. The summed E-state index contributed by atoms with van der Waals surface area (Å²) in [5.74, 6) is 1.06. The van der Waals surface area contributed by atoms with Gasteiger partial charge in [0.15, 0.2) is 11.5 Å². The highest BCUT2D eigenvalue weighted by molar-refractivity contribution is 7.89. The maximum absolute atomic E-state index is 12.9. The molecular formula is C21H22N2O4S. The van der Waals surface area contributed by atoms with Crippen molar-refractivity contribution in [1.82, 2.24) is 9.71 Å². The highest BCUT2D eigenvalue weighted by Gasteiger charge is 2.27. The standard InChI is InChI=1S/C21H22N2O4S/c1-13-2-5-18-16(10-13)17-11-14(3-6-19(17)22-18)23-28(24,25)15-4-7-20-21(12-15)27-9-8-26-20/h2,4-5,7,10,12,14,22-23H,3,6,8-9,11H2,1H3. The molecule has 0 saturated heterocycles. The molecule has 0 radical (unpaired) electrons. The number of hydrogen-bond acceptors (Lipinski definition) is 4. The normalized spacial score (nSPS) is 18.8. The van der Waals surface area contributed by atoms with Crippen LogP contribution in [-0.2, 0) is 22.9 Å². The van der Waals surface area contributed by atoms with Crippen LogP contribution in [0.5, 0.6) is 11.5 Å². The number of aromatic amines is 1. The van der Waals surface area contributed by atoms with Crippen LogP contribution in [0.15, 0.2) is 41.3 Å². The van der Waals surface area contributed by atoms with Gasteiger partial charge in [-0.1, -0.05) is 11.6 Å². The van der Waals surface area contributed by atoms with Gasteiger partial charge >= 0.3 is 0 Å². The van der Waals surface area contributed by atoms with Crippen molar-refractivity contribution in [2.24, 2.45) is 0 Å². The van der Waals surface area contributed by atoms with Crippen LogP contribution in [0.3, 0.4) is 0 Å². The molecular weight excluding hydrogens is 376 g/mol. The van der Waals surface area contributed by atoms with Crippen LogP contribution >= 0.6 is 0 Å². The third kappa shape index (κ3) is 3.04. The molecule has 0 spiro atoms. The first-order valence-corrected chi connectivity index (χ1v) is 11.0. The van der Waals surface area contributed by atoms with E-state index in [2.05, 4.69) is 34.8 Å². The lowest BCUT2D eigenvalue weighted by atomic mass is 9.92. The molecule has 2 aromatic carbocycles. The average molecular weight is 398 g/mol. The zero-order valence-electron chi connectivity index (χ0n) is 15.6. The first-order chi connectivity index (χ1) is 13.5. The van der Waals surface area contributed by atoms with E-state index in [1.807, 2.05) is 0 Å². The van der Waals surface area contributed by atoms with Gasteiger partial charge < -0.3 is 14.5 Å². The summed E-state index contributed by atoms with van der Waals surface area (Å²) in [5, 5.41) is 1.19. The third-order valence-corrected chi connectivity index (χ3v) is 7.01. The molecule has 6 nitrogen and oxygen atoms in total. The number of nitrogens with one attached hydrogen (secondary N) is 2. The van der Waals surface area contributed by atoms with Gasteiger partial charge in [0, 0.05) is 28.7 Å². The predicted molar refractivity (Wildman–Crippen MR) is 107 cm³/mol. The lowest BCUT2D eigenvalue weighted by Gasteiger charge is -2.24. The van der Waals surface area contributed by atoms with Crippen LogP contribution in [-0.4, -0.2) is 32.7 Å². The summed E-state index contributed by atoms with van der Waals surface area (Å²) in [6.45, 7) is 2.98. The minimum Gasteiger partial charge on any atom is -0.486 e. The summed E-state index contributed by atoms with van der Waals surface area (Å²) >= 11 is 0. The van der Waals surface area contributed by atoms with Crippen LogP contribution in [0, 0.1) is 6.92 Å². The fourth-order valence-electron chi connectivity index (χ4n) is 4.11. The molecule has 0 fully saturated rings. The fraction of sp³-hybridized carbons (Fsp3) is 0.333. The monoisotopic (exact) mass is 398 g/mol. The van der Waals surface area contributed by atoms with E-state index in [4.69, 9.17) is 9.47 Å². The van der Waals surface area contributed by atoms with Gasteiger partial charge in [-0.15, -0.1) is 0 Å². The molecule has 2 heterocycles. The van der Waals surface area contributed by atoms with Crippen molar-refractivity contribution in [3.05, 3.63) is 53.2 Å². The number of sulfonamides is 1. The van der Waals surface area contributed by atoms with E-state index >= 15 is 0 Å². The van der Waals surface area contributed by atoms with Crippen molar-refractivity contribution in [3.8, 4) is 11.5 Å². The molecule has 1 aliphatic heterocycles. The maximum atomic E-state index is 12.9. The molecule has 1 aliphatic carbocycles. The lowest BCUT2D eigenvalue weighted by Crippen LogP contribution is -2.38. The quantitative estimate of drug-likeness (QED) is 0.711. The summed E-state index contributed by atoms with van der Waals surface area (Å²) in [6.07, 6.45) is 2.28. The second-order valence-electron chi connectivity index (χ2n) is 7.50. The summed E-state index contributed by atoms with van der Waals surface area (Å²) in [4.78, 5) is 3.69. The van der Waals surface area contributed by atoms with Gasteiger partial charge in [-0.25, -0.2) is 13.1 Å². The number of ether oxygens (including phenoxy) is 2. The molecule has 5 rings (SSSR count). The van der Waals surface area contributed by atoms with Gasteiger partial charge in [0.05, 0.1) is 4.90 Å². The first kappa shape index (κ1) is 17.6. The van der Waals surface area contributed by atoms with Crippen molar-refractivity contribution < 1.29 is 17.9 Å². The Morgan fingerprint density at radius 2 is 1.89 bits per heavy atom. The van der Waals surface area contributed by atoms with Crippen molar-refractivity contribution in [1.29, 1.82) is 0 Å². The van der Waals surface area contributed by atoms with Crippen molar-refractivity contribution in [2.45, 2.75) is 37.1 Å². The number of hydrogen-bond donors (Lipinski definition) is 2. The van der Waals surface area contributed by atoms with Crippen molar-refractivity contribution in [2.75, 3.05) is 13.2 Å². The highest BCUT2D eigenvalue weighted by atomic mass is 32.2. The Kier molecular flexibility index (Phi) is 4.10. The molecule has 0 saturated carbocycles. The zero-order chi connectivity index (χ0) is 19.3. The zero-order valence-corrected chi connectivity index (χ0v) is 16.4. The van der Waals surface area contributed by atoms with Gasteiger partial charge in [0.25, 0.3) is 0 Å². The Morgan fingerprint density at radius 1 is 1.07 bits per heavy atom. The van der Waals surface area contributed by atoms with Crippen LogP contribution in [0.4, 0.5) is 0 Å². The Bertz CT molecular complexity index is 1170. The maximum Gasteiger partial charge on any atom is 0.240 e. The van der Waals surface area contributed by atoms with E-state index in [0.29, 0.717) is 31.1 Å². The van der Waals surface area contributed by atoms with E-state index in [1.165, 1.54) is 22.2 Å². The average Bonchev–Trinajstić information content (AvgIpc) is 3.04.